The molecule has 2 atom stereocenters. The predicted molar refractivity (Wildman–Crippen MR) is 124 cm³/mol. The maximum absolute atomic E-state index is 13.1. The van der Waals surface area contributed by atoms with Gasteiger partial charge in [-0.1, -0.05) is 0 Å². The summed E-state index contributed by atoms with van der Waals surface area (Å²) in [6, 6.07) is 7.82. The summed E-state index contributed by atoms with van der Waals surface area (Å²) >= 11 is 0. The van der Waals surface area contributed by atoms with Crippen molar-refractivity contribution in [3.8, 4) is 28.7 Å². The van der Waals surface area contributed by atoms with E-state index in [1.165, 1.54) is 11.1 Å². The van der Waals surface area contributed by atoms with E-state index in [0.29, 0.717) is 22.8 Å². The first kappa shape index (κ1) is 23.0. The number of hydrogen-bond donors (Lipinski definition) is 1. The molecule has 8 nitrogen and oxygen atoms in total. The molecule has 1 fully saturated rings. The van der Waals surface area contributed by atoms with E-state index in [2.05, 4.69) is 22.3 Å². The fourth-order valence-electron chi connectivity index (χ4n) is 4.94. The molecule has 4 rings (SSSR count). The van der Waals surface area contributed by atoms with E-state index in [-0.39, 0.29) is 18.0 Å². The maximum atomic E-state index is 13.1. The predicted octanol–water partition coefficient (Wildman–Crippen LogP) is 3.22. The van der Waals surface area contributed by atoms with Crippen LogP contribution in [-0.2, 0) is 6.42 Å². The molecule has 2 unspecified atom stereocenters. The van der Waals surface area contributed by atoms with Crippen molar-refractivity contribution in [3.05, 3.63) is 41.0 Å². The molecular formula is C25H32N2O6. The van der Waals surface area contributed by atoms with E-state index in [9.17, 15) is 4.79 Å². The van der Waals surface area contributed by atoms with Gasteiger partial charge in [0.1, 0.15) is 0 Å². The van der Waals surface area contributed by atoms with Gasteiger partial charge < -0.3 is 29.0 Å². The maximum Gasteiger partial charge on any atom is 0.251 e. The average molecular weight is 457 g/mol. The zero-order chi connectivity index (χ0) is 23.5. The summed E-state index contributed by atoms with van der Waals surface area (Å²) in [5.74, 6) is 2.72. The third kappa shape index (κ3) is 4.39. The number of hydrogen-bond acceptors (Lipinski definition) is 7. The lowest BCUT2D eigenvalue weighted by Crippen LogP contribution is -2.48. The Bertz CT molecular complexity index is 999. The van der Waals surface area contributed by atoms with Crippen LogP contribution in [0.4, 0.5) is 0 Å². The molecule has 0 spiro atoms. The molecule has 2 aromatic rings. The lowest BCUT2D eigenvalue weighted by molar-refractivity contribution is 0.0843. The van der Waals surface area contributed by atoms with Crippen LogP contribution in [0.25, 0.3) is 0 Å². The highest BCUT2D eigenvalue weighted by Gasteiger charge is 2.35. The van der Waals surface area contributed by atoms with Crippen molar-refractivity contribution >= 4 is 5.91 Å². The van der Waals surface area contributed by atoms with Crippen molar-refractivity contribution in [1.82, 2.24) is 10.2 Å². The van der Waals surface area contributed by atoms with Gasteiger partial charge in [-0.2, -0.15) is 0 Å². The molecule has 8 heteroatoms. The molecule has 2 aliphatic rings. The number of fused-ring (bicyclic) bond motifs is 3. The zero-order valence-corrected chi connectivity index (χ0v) is 19.9. The van der Waals surface area contributed by atoms with Crippen LogP contribution in [0.2, 0.25) is 0 Å². The van der Waals surface area contributed by atoms with Crippen LogP contribution in [-0.4, -0.2) is 65.5 Å². The summed E-state index contributed by atoms with van der Waals surface area (Å²) in [4.78, 5) is 15.6. The summed E-state index contributed by atoms with van der Waals surface area (Å²) < 4.78 is 27.2. The van der Waals surface area contributed by atoms with Gasteiger partial charge in [0.25, 0.3) is 5.91 Å². The monoisotopic (exact) mass is 456 g/mol. The Morgan fingerprint density at radius 2 is 1.48 bits per heavy atom. The number of rotatable bonds is 7. The van der Waals surface area contributed by atoms with E-state index in [4.69, 9.17) is 23.7 Å². The van der Waals surface area contributed by atoms with Crippen LogP contribution in [0.5, 0.6) is 28.7 Å². The Balaban J connectivity index is 1.54. The third-order valence-corrected chi connectivity index (χ3v) is 6.65. The summed E-state index contributed by atoms with van der Waals surface area (Å²) in [5, 5.41) is 3.22. The van der Waals surface area contributed by atoms with Crippen molar-refractivity contribution < 1.29 is 28.5 Å². The lowest BCUT2D eigenvalue weighted by atomic mass is 9.84. The number of benzene rings is 2. The standard InChI is InChI=1S/C25H32N2O6/c1-29-20-10-15-6-8-27-9-7-17(13-19(27)18(15)14-21(20)30-2)26-25(28)16-11-22(31-3)24(33-5)23(12-16)32-4/h10-12,14,17,19H,6-9,13H2,1-5H3,(H,26,28). The number of piperidine rings is 1. The highest BCUT2D eigenvalue weighted by molar-refractivity contribution is 5.95. The second-order valence-electron chi connectivity index (χ2n) is 8.32. The number of carbonyl (C=O) groups is 1. The van der Waals surface area contributed by atoms with E-state index in [1.807, 2.05) is 0 Å². The number of amides is 1. The van der Waals surface area contributed by atoms with Crippen LogP contribution in [0.3, 0.4) is 0 Å². The van der Waals surface area contributed by atoms with Crippen molar-refractivity contribution in [3.63, 3.8) is 0 Å². The molecular weight excluding hydrogens is 424 g/mol. The van der Waals surface area contributed by atoms with Crippen LogP contribution < -0.4 is 29.0 Å². The van der Waals surface area contributed by atoms with Crippen LogP contribution in [0, 0.1) is 0 Å². The zero-order valence-electron chi connectivity index (χ0n) is 19.9. The van der Waals surface area contributed by atoms with Gasteiger partial charge in [-0.25, -0.2) is 0 Å². The molecule has 1 amide bonds. The van der Waals surface area contributed by atoms with Crippen molar-refractivity contribution in [2.24, 2.45) is 0 Å². The van der Waals surface area contributed by atoms with Crippen molar-refractivity contribution in [2.75, 3.05) is 48.6 Å². The smallest absolute Gasteiger partial charge is 0.251 e. The minimum Gasteiger partial charge on any atom is -0.493 e. The normalized spacial score (nSPS) is 19.7. The topological polar surface area (TPSA) is 78.5 Å². The average Bonchev–Trinajstić information content (AvgIpc) is 2.86. The number of carbonyl (C=O) groups excluding carboxylic acids is 1. The van der Waals surface area contributed by atoms with Gasteiger partial charge in [-0.05, 0) is 54.7 Å². The molecule has 0 bridgehead atoms. The molecule has 0 radical (unpaired) electrons. The molecule has 33 heavy (non-hydrogen) atoms. The summed E-state index contributed by atoms with van der Waals surface area (Å²) in [5.41, 5.74) is 3.01. The summed E-state index contributed by atoms with van der Waals surface area (Å²) in [6.07, 6.45) is 2.71. The van der Waals surface area contributed by atoms with Gasteiger partial charge in [-0.3, -0.25) is 9.69 Å². The minimum atomic E-state index is -0.156. The highest BCUT2D eigenvalue weighted by Crippen LogP contribution is 2.42. The first-order valence-corrected chi connectivity index (χ1v) is 11.1. The fraction of sp³-hybridized carbons (Fsp3) is 0.480. The SMILES string of the molecule is COc1cc2c(cc1OC)C1CC(NC(=O)c3cc(OC)c(OC)c(OC)c3)CCN1CC2. The molecule has 2 heterocycles. The first-order chi connectivity index (χ1) is 16.0. The number of methoxy groups -OCH3 is 5. The summed E-state index contributed by atoms with van der Waals surface area (Å²) in [6.45, 7) is 1.93. The van der Waals surface area contributed by atoms with Crippen LogP contribution in [0.1, 0.15) is 40.4 Å². The quantitative estimate of drug-likeness (QED) is 0.685. The Morgan fingerprint density at radius 1 is 0.848 bits per heavy atom. The molecule has 0 aliphatic carbocycles. The largest absolute Gasteiger partial charge is 0.493 e. The Kier molecular flexibility index (Phi) is 6.83. The van der Waals surface area contributed by atoms with Crippen LogP contribution in [0.15, 0.2) is 24.3 Å². The molecule has 0 saturated carbocycles. The first-order valence-electron chi connectivity index (χ1n) is 11.1. The number of nitrogens with zero attached hydrogens (tertiary/aromatic N) is 1. The minimum absolute atomic E-state index is 0.0527. The molecule has 1 saturated heterocycles. The Morgan fingerprint density at radius 3 is 2.09 bits per heavy atom. The second kappa shape index (κ2) is 9.79. The number of ether oxygens (including phenoxy) is 5. The Labute approximate surface area is 194 Å². The highest BCUT2D eigenvalue weighted by atomic mass is 16.5. The van der Waals surface area contributed by atoms with Gasteiger partial charge >= 0.3 is 0 Å². The van der Waals surface area contributed by atoms with Crippen molar-refractivity contribution in [1.29, 1.82) is 0 Å². The molecule has 178 valence electrons. The lowest BCUT2D eigenvalue weighted by Gasteiger charge is -2.43. The van der Waals surface area contributed by atoms with Crippen LogP contribution >= 0.6 is 0 Å². The van der Waals surface area contributed by atoms with Gasteiger partial charge in [0.2, 0.25) is 5.75 Å². The molecule has 2 aliphatic heterocycles. The van der Waals surface area contributed by atoms with E-state index < -0.39 is 0 Å². The number of nitrogens with one attached hydrogen (secondary N) is 1. The summed E-state index contributed by atoms with van der Waals surface area (Å²) in [7, 11) is 7.94. The third-order valence-electron chi connectivity index (χ3n) is 6.65. The Hall–Kier alpha value is -3.13. The van der Waals surface area contributed by atoms with Gasteiger partial charge in [0.05, 0.1) is 35.5 Å². The molecule has 1 N–H and O–H groups in total. The van der Waals surface area contributed by atoms with Gasteiger partial charge in [0, 0.05) is 30.7 Å². The van der Waals surface area contributed by atoms with Gasteiger partial charge in [0.15, 0.2) is 23.0 Å². The fourth-order valence-corrected chi connectivity index (χ4v) is 4.94. The molecule has 2 aromatic carbocycles. The second-order valence-corrected chi connectivity index (χ2v) is 8.32. The van der Waals surface area contributed by atoms with Gasteiger partial charge in [-0.15, -0.1) is 0 Å². The van der Waals surface area contributed by atoms with Crippen molar-refractivity contribution in [2.45, 2.75) is 31.3 Å². The van der Waals surface area contributed by atoms with E-state index in [1.54, 1.807) is 47.7 Å². The van der Waals surface area contributed by atoms with E-state index in [0.717, 1.165) is 43.9 Å². The van der Waals surface area contributed by atoms with E-state index >= 15 is 0 Å². The molecule has 0 aromatic heterocycles.